The van der Waals surface area contributed by atoms with Gasteiger partial charge in [-0.3, -0.25) is 0 Å². The van der Waals surface area contributed by atoms with Crippen molar-refractivity contribution < 1.29 is 4.79 Å². The van der Waals surface area contributed by atoms with Crippen LogP contribution in [0.3, 0.4) is 0 Å². The van der Waals surface area contributed by atoms with Crippen LogP contribution in [0.15, 0.2) is 18.2 Å². The molecular formula is C15H24N2O. The zero-order chi connectivity index (χ0) is 13.7. The summed E-state index contributed by atoms with van der Waals surface area (Å²) >= 11 is 0. The Kier molecular flexibility index (Phi) is 5.20. The van der Waals surface area contributed by atoms with Gasteiger partial charge in [0.15, 0.2) is 0 Å². The molecule has 18 heavy (non-hydrogen) atoms. The number of hydrogen-bond donors (Lipinski definition) is 2. The molecule has 0 saturated heterocycles. The summed E-state index contributed by atoms with van der Waals surface area (Å²) in [4.78, 5) is 11.9. The highest BCUT2D eigenvalue weighted by Crippen LogP contribution is 2.27. The summed E-state index contributed by atoms with van der Waals surface area (Å²) in [6.07, 6.45) is 0.929. The number of nitrogens with one attached hydrogen (secondary N) is 2. The number of benzene rings is 1. The minimum atomic E-state index is -0.124. The molecule has 0 aromatic heterocycles. The Labute approximate surface area is 110 Å². The predicted molar refractivity (Wildman–Crippen MR) is 77.2 cm³/mol. The molecule has 0 saturated carbocycles. The molecule has 0 heterocycles. The smallest absolute Gasteiger partial charge is 0.319 e. The first-order valence-corrected chi connectivity index (χ1v) is 6.62. The lowest BCUT2D eigenvalue weighted by atomic mass is 9.98. The number of urea groups is 1. The largest absolute Gasteiger partial charge is 0.335 e. The fourth-order valence-corrected chi connectivity index (χ4v) is 1.82. The van der Waals surface area contributed by atoms with Crippen LogP contribution in [0.1, 0.15) is 51.2 Å². The second-order valence-corrected chi connectivity index (χ2v) is 5.10. The van der Waals surface area contributed by atoms with Gasteiger partial charge in [0.1, 0.15) is 0 Å². The standard InChI is InChI=1S/C15H24N2O/c1-6-12(5)16-15(18)17-14-11(4)8-7-9-13(14)10(2)3/h7-10,12H,6H2,1-5H3,(H2,16,17,18)/t12-/m1/s1. The Morgan fingerprint density at radius 3 is 2.50 bits per heavy atom. The van der Waals surface area contributed by atoms with Crippen LogP contribution >= 0.6 is 0 Å². The topological polar surface area (TPSA) is 41.1 Å². The Hall–Kier alpha value is -1.51. The summed E-state index contributed by atoms with van der Waals surface area (Å²) in [5, 5.41) is 5.90. The highest BCUT2D eigenvalue weighted by molar-refractivity contribution is 5.91. The molecule has 0 aliphatic carbocycles. The van der Waals surface area contributed by atoms with Crippen LogP contribution in [0.25, 0.3) is 0 Å². The number of carbonyl (C=O) groups is 1. The van der Waals surface area contributed by atoms with Crippen molar-refractivity contribution in [3.63, 3.8) is 0 Å². The van der Waals surface area contributed by atoms with Gasteiger partial charge in [-0.1, -0.05) is 39.0 Å². The van der Waals surface area contributed by atoms with E-state index in [1.807, 2.05) is 26.0 Å². The number of para-hydroxylation sites is 1. The molecule has 3 heteroatoms. The van der Waals surface area contributed by atoms with Crippen molar-refractivity contribution in [2.24, 2.45) is 0 Å². The zero-order valence-electron chi connectivity index (χ0n) is 12.0. The van der Waals surface area contributed by atoms with E-state index in [2.05, 4.69) is 37.5 Å². The molecule has 0 spiro atoms. The Bertz CT molecular complexity index is 413. The van der Waals surface area contributed by atoms with Gasteiger partial charge in [0.05, 0.1) is 0 Å². The van der Waals surface area contributed by atoms with E-state index in [9.17, 15) is 4.79 Å². The van der Waals surface area contributed by atoms with Gasteiger partial charge in [0.2, 0.25) is 0 Å². The summed E-state index contributed by atoms with van der Waals surface area (Å²) in [6.45, 7) is 10.3. The number of carbonyl (C=O) groups excluding carboxylic acids is 1. The minimum absolute atomic E-state index is 0.124. The molecule has 0 aliphatic heterocycles. The maximum Gasteiger partial charge on any atom is 0.319 e. The quantitative estimate of drug-likeness (QED) is 0.829. The summed E-state index contributed by atoms with van der Waals surface area (Å²) < 4.78 is 0. The monoisotopic (exact) mass is 248 g/mol. The Morgan fingerprint density at radius 1 is 1.28 bits per heavy atom. The average Bonchev–Trinajstić information content (AvgIpc) is 2.31. The molecule has 0 bridgehead atoms. The van der Waals surface area contributed by atoms with Gasteiger partial charge in [0, 0.05) is 11.7 Å². The average molecular weight is 248 g/mol. The van der Waals surface area contributed by atoms with Crippen molar-refractivity contribution in [1.82, 2.24) is 5.32 Å². The minimum Gasteiger partial charge on any atom is -0.335 e. The van der Waals surface area contributed by atoms with Crippen molar-refractivity contribution in [3.8, 4) is 0 Å². The molecule has 1 rings (SSSR count). The molecule has 1 aromatic carbocycles. The maximum atomic E-state index is 11.9. The van der Waals surface area contributed by atoms with E-state index in [4.69, 9.17) is 0 Å². The molecule has 100 valence electrons. The van der Waals surface area contributed by atoms with Gasteiger partial charge >= 0.3 is 6.03 Å². The van der Waals surface area contributed by atoms with Crippen LogP contribution < -0.4 is 10.6 Å². The van der Waals surface area contributed by atoms with Gasteiger partial charge in [-0.2, -0.15) is 0 Å². The van der Waals surface area contributed by atoms with Crippen molar-refractivity contribution in [2.45, 2.75) is 53.0 Å². The molecular weight excluding hydrogens is 224 g/mol. The van der Waals surface area contributed by atoms with Crippen LogP contribution in [0.5, 0.6) is 0 Å². The molecule has 0 aliphatic rings. The first-order valence-electron chi connectivity index (χ1n) is 6.62. The van der Waals surface area contributed by atoms with Crippen molar-refractivity contribution >= 4 is 11.7 Å². The predicted octanol–water partition coefficient (Wildman–Crippen LogP) is 4.04. The third kappa shape index (κ3) is 3.76. The fraction of sp³-hybridized carbons (Fsp3) is 0.533. The number of anilines is 1. The lowest BCUT2D eigenvalue weighted by Gasteiger charge is -2.18. The normalized spacial score (nSPS) is 12.3. The second-order valence-electron chi connectivity index (χ2n) is 5.10. The summed E-state index contributed by atoms with van der Waals surface area (Å²) in [7, 11) is 0. The van der Waals surface area contributed by atoms with Gasteiger partial charge < -0.3 is 10.6 Å². The third-order valence-corrected chi connectivity index (χ3v) is 3.16. The number of aryl methyl sites for hydroxylation is 1. The zero-order valence-corrected chi connectivity index (χ0v) is 12.0. The Balaban J connectivity index is 2.86. The van der Waals surface area contributed by atoms with E-state index in [-0.39, 0.29) is 12.1 Å². The molecule has 3 nitrogen and oxygen atoms in total. The molecule has 1 aromatic rings. The van der Waals surface area contributed by atoms with Crippen molar-refractivity contribution in [2.75, 3.05) is 5.32 Å². The fourth-order valence-electron chi connectivity index (χ4n) is 1.82. The van der Waals surface area contributed by atoms with Crippen LogP contribution in [0.2, 0.25) is 0 Å². The molecule has 1 atom stereocenters. The molecule has 0 unspecified atom stereocenters. The van der Waals surface area contributed by atoms with Crippen LogP contribution in [-0.4, -0.2) is 12.1 Å². The Morgan fingerprint density at radius 2 is 1.94 bits per heavy atom. The van der Waals surface area contributed by atoms with E-state index < -0.39 is 0 Å². The summed E-state index contributed by atoms with van der Waals surface area (Å²) in [5.41, 5.74) is 3.21. The van der Waals surface area contributed by atoms with E-state index in [0.29, 0.717) is 5.92 Å². The van der Waals surface area contributed by atoms with E-state index in [0.717, 1.165) is 17.7 Å². The molecule has 0 fully saturated rings. The van der Waals surface area contributed by atoms with Crippen LogP contribution in [0, 0.1) is 6.92 Å². The maximum absolute atomic E-state index is 11.9. The summed E-state index contributed by atoms with van der Waals surface area (Å²) in [5.74, 6) is 0.392. The first-order chi connectivity index (χ1) is 8.45. The highest BCUT2D eigenvalue weighted by atomic mass is 16.2. The molecule has 2 amide bonds. The van der Waals surface area contributed by atoms with E-state index in [1.165, 1.54) is 5.56 Å². The van der Waals surface area contributed by atoms with Gasteiger partial charge in [-0.25, -0.2) is 4.79 Å². The summed E-state index contributed by atoms with van der Waals surface area (Å²) in [6, 6.07) is 6.18. The van der Waals surface area contributed by atoms with E-state index in [1.54, 1.807) is 0 Å². The molecule has 0 radical (unpaired) electrons. The highest BCUT2D eigenvalue weighted by Gasteiger charge is 2.12. The number of rotatable bonds is 4. The SMILES string of the molecule is CC[C@@H](C)NC(=O)Nc1c(C)cccc1C(C)C. The van der Waals surface area contributed by atoms with Crippen molar-refractivity contribution in [1.29, 1.82) is 0 Å². The third-order valence-electron chi connectivity index (χ3n) is 3.16. The molecule has 2 N–H and O–H groups in total. The second kappa shape index (κ2) is 6.43. The van der Waals surface area contributed by atoms with Gasteiger partial charge in [-0.05, 0) is 37.3 Å². The van der Waals surface area contributed by atoms with Crippen LogP contribution in [0.4, 0.5) is 10.5 Å². The number of hydrogen-bond acceptors (Lipinski definition) is 1. The van der Waals surface area contributed by atoms with Gasteiger partial charge in [0.25, 0.3) is 0 Å². The van der Waals surface area contributed by atoms with E-state index >= 15 is 0 Å². The van der Waals surface area contributed by atoms with Crippen molar-refractivity contribution in [3.05, 3.63) is 29.3 Å². The number of amides is 2. The lowest BCUT2D eigenvalue weighted by Crippen LogP contribution is -2.36. The first kappa shape index (κ1) is 14.6. The van der Waals surface area contributed by atoms with Crippen LogP contribution in [-0.2, 0) is 0 Å². The lowest BCUT2D eigenvalue weighted by molar-refractivity contribution is 0.249. The van der Waals surface area contributed by atoms with Gasteiger partial charge in [-0.15, -0.1) is 0 Å².